The molecule has 92 valence electrons. The molecule has 3 rings (SSSR count). The minimum absolute atomic E-state index is 0.549. The first-order valence-corrected chi connectivity index (χ1v) is 6.96. The van der Waals surface area contributed by atoms with Crippen molar-refractivity contribution in [3.63, 3.8) is 0 Å². The molecule has 0 N–H and O–H groups in total. The number of rotatable bonds is 1. The molecule has 1 aromatic heterocycles. The van der Waals surface area contributed by atoms with Gasteiger partial charge >= 0.3 is 0 Å². The van der Waals surface area contributed by atoms with Gasteiger partial charge in [0.1, 0.15) is 17.3 Å². The Morgan fingerprint density at radius 2 is 1.94 bits per heavy atom. The topological polar surface area (TPSA) is 29.0 Å². The molecule has 0 bridgehead atoms. The Morgan fingerprint density at radius 3 is 2.82 bits per heavy atom. The van der Waals surface area contributed by atoms with Gasteiger partial charge in [0.25, 0.3) is 0 Å². The van der Waals surface area contributed by atoms with Crippen LogP contribution in [0.4, 0.5) is 5.82 Å². The molecule has 1 aliphatic carbocycles. The lowest BCUT2D eigenvalue weighted by atomic mass is 9.78. The van der Waals surface area contributed by atoms with Gasteiger partial charge in [0.05, 0.1) is 0 Å². The zero-order valence-electron chi connectivity index (χ0n) is 9.98. The van der Waals surface area contributed by atoms with Gasteiger partial charge in [-0.05, 0) is 31.6 Å². The molecule has 1 aliphatic heterocycles. The first-order valence-electron chi connectivity index (χ1n) is 6.59. The van der Waals surface area contributed by atoms with E-state index >= 15 is 0 Å². The lowest BCUT2D eigenvalue weighted by molar-refractivity contribution is 0.242. The van der Waals surface area contributed by atoms with Crippen molar-refractivity contribution in [3.8, 4) is 0 Å². The summed E-state index contributed by atoms with van der Waals surface area (Å²) in [4.78, 5) is 10.8. The van der Waals surface area contributed by atoms with Crippen LogP contribution in [0, 0.1) is 5.92 Å². The van der Waals surface area contributed by atoms with Crippen LogP contribution in [0.5, 0.6) is 0 Å². The van der Waals surface area contributed by atoms with Crippen molar-refractivity contribution >= 4 is 17.4 Å². The fourth-order valence-electron chi connectivity index (χ4n) is 3.39. The summed E-state index contributed by atoms with van der Waals surface area (Å²) in [6.07, 6.45) is 9.70. The molecule has 1 saturated carbocycles. The first kappa shape index (κ1) is 11.3. The molecule has 0 amide bonds. The van der Waals surface area contributed by atoms with Gasteiger partial charge in [-0.25, -0.2) is 9.97 Å². The highest BCUT2D eigenvalue weighted by Gasteiger charge is 2.33. The first-order chi connectivity index (χ1) is 8.34. The highest BCUT2D eigenvalue weighted by atomic mass is 35.5. The fourth-order valence-corrected chi connectivity index (χ4v) is 3.53. The van der Waals surface area contributed by atoms with Gasteiger partial charge in [0.2, 0.25) is 0 Å². The van der Waals surface area contributed by atoms with Crippen LogP contribution in [0.25, 0.3) is 0 Å². The summed E-state index contributed by atoms with van der Waals surface area (Å²) in [6, 6.07) is 2.59. The minimum atomic E-state index is 0.549. The molecule has 2 aliphatic rings. The van der Waals surface area contributed by atoms with E-state index in [0.717, 1.165) is 18.3 Å². The van der Waals surface area contributed by atoms with Crippen molar-refractivity contribution in [2.45, 2.75) is 44.6 Å². The van der Waals surface area contributed by atoms with Gasteiger partial charge in [-0.2, -0.15) is 0 Å². The summed E-state index contributed by atoms with van der Waals surface area (Å²) in [5.74, 6) is 1.88. The van der Waals surface area contributed by atoms with Gasteiger partial charge in [0.15, 0.2) is 0 Å². The zero-order chi connectivity index (χ0) is 11.7. The van der Waals surface area contributed by atoms with E-state index in [1.165, 1.54) is 38.5 Å². The summed E-state index contributed by atoms with van der Waals surface area (Å²) in [6.45, 7) is 1.12. The SMILES string of the molecule is Clc1cc(N2CCC[C@H]3CCCC[C@@H]32)ncn1. The Morgan fingerprint density at radius 1 is 1.12 bits per heavy atom. The van der Waals surface area contributed by atoms with E-state index in [9.17, 15) is 0 Å². The number of anilines is 1. The Labute approximate surface area is 107 Å². The summed E-state index contributed by atoms with van der Waals surface area (Å²) >= 11 is 5.96. The van der Waals surface area contributed by atoms with Crippen LogP contribution in [0.2, 0.25) is 5.15 Å². The molecule has 1 saturated heterocycles. The third-order valence-corrected chi connectivity index (χ3v) is 4.36. The van der Waals surface area contributed by atoms with Crippen LogP contribution in [0.15, 0.2) is 12.4 Å². The van der Waals surface area contributed by atoms with Gasteiger partial charge in [0, 0.05) is 18.7 Å². The van der Waals surface area contributed by atoms with Crippen LogP contribution in [-0.2, 0) is 0 Å². The number of fused-ring (bicyclic) bond motifs is 1. The van der Waals surface area contributed by atoms with Crippen molar-refractivity contribution in [2.24, 2.45) is 5.92 Å². The Bertz CT molecular complexity index is 394. The quantitative estimate of drug-likeness (QED) is 0.718. The van der Waals surface area contributed by atoms with E-state index in [0.29, 0.717) is 11.2 Å². The molecule has 0 unspecified atom stereocenters. The standard InChI is InChI=1S/C13H18ClN3/c14-12-8-13(16-9-15-12)17-7-3-5-10-4-1-2-6-11(10)17/h8-11H,1-7H2/t10-,11+/m1/s1. The molecule has 2 fully saturated rings. The third kappa shape index (κ3) is 2.25. The molecule has 0 aromatic carbocycles. The van der Waals surface area contributed by atoms with Gasteiger partial charge in [-0.1, -0.05) is 24.4 Å². The molecule has 17 heavy (non-hydrogen) atoms. The maximum absolute atomic E-state index is 5.96. The monoisotopic (exact) mass is 251 g/mol. The molecule has 2 atom stereocenters. The molecule has 2 heterocycles. The minimum Gasteiger partial charge on any atom is -0.353 e. The predicted octanol–water partition coefficient (Wildman–Crippen LogP) is 3.29. The van der Waals surface area contributed by atoms with Crippen LogP contribution in [-0.4, -0.2) is 22.6 Å². The van der Waals surface area contributed by atoms with Crippen LogP contribution in [0.3, 0.4) is 0 Å². The lowest BCUT2D eigenvalue weighted by Gasteiger charge is -2.44. The average Bonchev–Trinajstić information content (AvgIpc) is 2.38. The van der Waals surface area contributed by atoms with Crippen molar-refractivity contribution < 1.29 is 0 Å². The summed E-state index contributed by atoms with van der Waals surface area (Å²) in [5, 5.41) is 0.549. The van der Waals surface area contributed by atoms with Crippen molar-refractivity contribution in [2.75, 3.05) is 11.4 Å². The fraction of sp³-hybridized carbons (Fsp3) is 0.692. The van der Waals surface area contributed by atoms with Gasteiger partial charge in [-0.3, -0.25) is 0 Å². The van der Waals surface area contributed by atoms with Crippen molar-refractivity contribution in [1.29, 1.82) is 0 Å². The lowest BCUT2D eigenvalue weighted by Crippen LogP contribution is -2.47. The van der Waals surface area contributed by atoms with E-state index in [1.54, 1.807) is 6.33 Å². The van der Waals surface area contributed by atoms with E-state index in [-0.39, 0.29) is 0 Å². The number of hydrogen-bond donors (Lipinski definition) is 0. The normalized spacial score (nSPS) is 28.9. The van der Waals surface area contributed by atoms with Crippen LogP contribution >= 0.6 is 11.6 Å². The van der Waals surface area contributed by atoms with Crippen molar-refractivity contribution in [1.82, 2.24) is 9.97 Å². The Balaban J connectivity index is 1.85. The maximum Gasteiger partial charge on any atom is 0.134 e. The number of hydrogen-bond acceptors (Lipinski definition) is 3. The van der Waals surface area contributed by atoms with Crippen molar-refractivity contribution in [3.05, 3.63) is 17.5 Å². The summed E-state index contributed by atoms with van der Waals surface area (Å²) in [7, 11) is 0. The second kappa shape index (κ2) is 4.81. The molecular formula is C13H18ClN3. The van der Waals surface area contributed by atoms with E-state index in [4.69, 9.17) is 11.6 Å². The highest BCUT2D eigenvalue weighted by molar-refractivity contribution is 6.29. The predicted molar refractivity (Wildman–Crippen MR) is 69.4 cm³/mol. The molecule has 0 spiro atoms. The maximum atomic E-state index is 5.96. The van der Waals surface area contributed by atoms with E-state index in [1.807, 2.05) is 6.07 Å². The second-order valence-corrected chi connectivity index (χ2v) is 5.53. The molecular weight excluding hydrogens is 234 g/mol. The zero-order valence-corrected chi connectivity index (χ0v) is 10.7. The van der Waals surface area contributed by atoms with E-state index in [2.05, 4.69) is 14.9 Å². The Hall–Kier alpha value is -0.830. The smallest absolute Gasteiger partial charge is 0.134 e. The van der Waals surface area contributed by atoms with E-state index < -0.39 is 0 Å². The number of halogens is 1. The number of nitrogens with zero attached hydrogens (tertiary/aromatic N) is 3. The molecule has 4 heteroatoms. The summed E-state index contributed by atoms with van der Waals surface area (Å²) in [5.41, 5.74) is 0. The second-order valence-electron chi connectivity index (χ2n) is 5.15. The largest absolute Gasteiger partial charge is 0.353 e. The highest BCUT2D eigenvalue weighted by Crippen LogP contribution is 2.37. The van der Waals surface area contributed by atoms with Gasteiger partial charge < -0.3 is 4.90 Å². The third-order valence-electron chi connectivity index (χ3n) is 4.16. The molecule has 3 nitrogen and oxygen atoms in total. The molecule has 1 aromatic rings. The van der Waals surface area contributed by atoms with Gasteiger partial charge in [-0.15, -0.1) is 0 Å². The number of aromatic nitrogens is 2. The Kier molecular flexibility index (Phi) is 3.19. The van der Waals surface area contributed by atoms with Crippen LogP contribution < -0.4 is 4.90 Å². The van der Waals surface area contributed by atoms with Crippen LogP contribution in [0.1, 0.15) is 38.5 Å². The average molecular weight is 252 g/mol. The molecule has 0 radical (unpaired) electrons. The number of piperidine rings is 1. The summed E-state index contributed by atoms with van der Waals surface area (Å²) < 4.78 is 0.